The van der Waals surface area contributed by atoms with Gasteiger partial charge in [0.2, 0.25) is 0 Å². The minimum Gasteiger partial charge on any atom is -0.462 e. The quantitative estimate of drug-likeness (QED) is 0.933. The Morgan fingerprint density at radius 3 is 3.16 bits per heavy atom. The topological polar surface area (TPSA) is 55.3 Å². The predicted molar refractivity (Wildman–Crippen MR) is 76.9 cm³/mol. The molecular weight excluding hydrogens is 258 g/mol. The number of furan rings is 1. The monoisotopic (exact) mass is 277 g/mol. The van der Waals surface area contributed by atoms with E-state index in [1.165, 1.54) is 6.42 Å². The van der Waals surface area contributed by atoms with Crippen molar-refractivity contribution in [2.24, 2.45) is 11.1 Å². The number of thiazole rings is 1. The molecule has 0 aromatic carbocycles. The van der Waals surface area contributed by atoms with Crippen LogP contribution in [0.2, 0.25) is 0 Å². The Kier molecular flexibility index (Phi) is 3.43. The first-order valence-electron chi connectivity index (χ1n) is 6.59. The molecule has 1 aliphatic heterocycles. The van der Waals surface area contributed by atoms with Gasteiger partial charge in [0.05, 0.1) is 12.0 Å². The van der Waals surface area contributed by atoms with Gasteiger partial charge in [-0.25, -0.2) is 4.98 Å². The molecule has 2 aromatic heterocycles. The summed E-state index contributed by atoms with van der Waals surface area (Å²) in [5.41, 5.74) is 7.24. The van der Waals surface area contributed by atoms with Gasteiger partial charge in [0.25, 0.3) is 0 Å². The second-order valence-electron chi connectivity index (χ2n) is 5.60. The number of nitrogens with zero attached hydrogens (tertiary/aromatic N) is 2. The van der Waals surface area contributed by atoms with Gasteiger partial charge in [-0.2, -0.15) is 0 Å². The van der Waals surface area contributed by atoms with Crippen LogP contribution in [-0.2, 0) is 6.54 Å². The Labute approximate surface area is 117 Å². The van der Waals surface area contributed by atoms with E-state index in [9.17, 15) is 0 Å². The molecule has 102 valence electrons. The van der Waals surface area contributed by atoms with Crippen LogP contribution in [0.25, 0.3) is 10.8 Å². The van der Waals surface area contributed by atoms with Crippen LogP contribution in [-0.4, -0.2) is 29.5 Å². The van der Waals surface area contributed by atoms with Crippen LogP contribution < -0.4 is 5.73 Å². The highest BCUT2D eigenvalue weighted by atomic mass is 32.1. The van der Waals surface area contributed by atoms with E-state index in [2.05, 4.69) is 22.2 Å². The molecule has 0 radical (unpaired) electrons. The molecule has 19 heavy (non-hydrogen) atoms. The van der Waals surface area contributed by atoms with Gasteiger partial charge in [-0.15, -0.1) is 11.3 Å². The third-order valence-corrected chi connectivity index (χ3v) is 4.70. The average molecular weight is 277 g/mol. The Balaban J connectivity index is 1.65. The molecule has 4 nitrogen and oxygen atoms in total. The van der Waals surface area contributed by atoms with Crippen molar-refractivity contribution in [3.63, 3.8) is 0 Å². The fourth-order valence-corrected chi connectivity index (χ4v) is 3.33. The lowest BCUT2D eigenvalue weighted by atomic mass is 9.90. The molecule has 1 unspecified atom stereocenters. The lowest BCUT2D eigenvalue weighted by Crippen LogP contribution is -2.31. The number of rotatable bonds is 4. The summed E-state index contributed by atoms with van der Waals surface area (Å²) in [6.45, 7) is 6.12. The molecule has 1 atom stereocenters. The highest BCUT2D eigenvalue weighted by Gasteiger charge is 2.32. The van der Waals surface area contributed by atoms with Crippen LogP contribution >= 0.6 is 11.3 Å². The first kappa shape index (κ1) is 12.8. The highest BCUT2D eigenvalue weighted by molar-refractivity contribution is 7.13. The average Bonchev–Trinajstić information content (AvgIpc) is 3.11. The van der Waals surface area contributed by atoms with Crippen molar-refractivity contribution in [1.82, 2.24) is 9.88 Å². The fraction of sp³-hybridized carbons (Fsp3) is 0.500. The maximum atomic E-state index is 5.84. The minimum atomic E-state index is 0.278. The van der Waals surface area contributed by atoms with E-state index in [1.807, 2.05) is 12.1 Å². The van der Waals surface area contributed by atoms with Crippen LogP contribution in [0.3, 0.4) is 0 Å². The molecule has 1 saturated heterocycles. The van der Waals surface area contributed by atoms with Crippen molar-refractivity contribution in [2.45, 2.75) is 19.9 Å². The lowest BCUT2D eigenvalue weighted by Gasteiger charge is -2.22. The molecule has 3 heterocycles. The van der Waals surface area contributed by atoms with E-state index in [0.29, 0.717) is 0 Å². The Bertz CT molecular complexity index is 537. The third kappa shape index (κ3) is 2.73. The number of aromatic nitrogens is 1. The minimum absolute atomic E-state index is 0.278. The maximum Gasteiger partial charge on any atom is 0.162 e. The molecule has 0 saturated carbocycles. The van der Waals surface area contributed by atoms with Crippen LogP contribution in [0.5, 0.6) is 0 Å². The first-order valence-corrected chi connectivity index (χ1v) is 7.47. The molecule has 0 aliphatic carbocycles. The zero-order valence-corrected chi connectivity index (χ0v) is 11.9. The summed E-state index contributed by atoms with van der Waals surface area (Å²) in [5, 5.41) is 3.08. The second kappa shape index (κ2) is 5.07. The third-order valence-electron chi connectivity index (χ3n) is 3.80. The number of hydrogen-bond donors (Lipinski definition) is 1. The summed E-state index contributed by atoms with van der Waals surface area (Å²) in [6, 6.07) is 3.84. The van der Waals surface area contributed by atoms with Gasteiger partial charge < -0.3 is 10.2 Å². The zero-order valence-electron chi connectivity index (χ0n) is 11.1. The normalized spacial score (nSPS) is 24.1. The molecule has 2 N–H and O–H groups in total. The molecular formula is C14H19N3OS. The van der Waals surface area contributed by atoms with Gasteiger partial charge in [0.1, 0.15) is 0 Å². The fourth-order valence-electron chi connectivity index (χ4n) is 2.55. The molecule has 5 heteroatoms. The Hall–Kier alpha value is -1.17. The van der Waals surface area contributed by atoms with Crippen LogP contribution in [0.1, 0.15) is 19.0 Å². The summed E-state index contributed by atoms with van der Waals surface area (Å²) >= 11 is 1.64. The lowest BCUT2D eigenvalue weighted by molar-refractivity contribution is 0.272. The SMILES string of the molecule is CC1(CN)CCN(Cc2csc(-c3ccco3)n2)C1. The molecule has 0 amide bonds. The number of likely N-dealkylation sites (tertiary alicyclic amines) is 1. The van der Waals surface area contributed by atoms with Crippen LogP contribution in [0, 0.1) is 5.41 Å². The number of hydrogen-bond acceptors (Lipinski definition) is 5. The Morgan fingerprint density at radius 1 is 1.58 bits per heavy atom. The number of nitrogens with two attached hydrogens (primary N) is 1. The van der Waals surface area contributed by atoms with Crippen molar-refractivity contribution < 1.29 is 4.42 Å². The molecule has 0 spiro atoms. The van der Waals surface area contributed by atoms with Gasteiger partial charge in [0.15, 0.2) is 10.8 Å². The maximum absolute atomic E-state index is 5.84. The highest BCUT2D eigenvalue weighted by Crippen LogP contribution is 2.30. The van der Waals surface area contributed by atoms with E-state index in [4.69, 9.17) is 10.2 Å². The van der Waals surface area contributed by atoms with Crippen molar-refractivity contribution in [3.8, 4) is 10.8 Å². The van der Waals surface area contributed by atoms with Crippen molar-refractivity contribution in [3.05, 3.63) is 29.5 Å². The molecule has 1 aliphatic rings. The molecule has 1 fully saturated rings. The second-order valence-corrected chi connectivity index (χ2v) is 6.45. The van der Waals surface area contributed by atoms with Crippen LogP contribution in [0.4, 0.5) is 0 Å². The summed E-state index contributed by atoms with van der Waals surface area (Å²) in [5.74, 6) is 0.851. The van der Waals surface area contributed by atoms with Crippen molar-refractivity contribution in [1.29, 1.82) is 0 Å². The summed E-state index contributed by atoms with van der Waals surface area (Å²) < 4.78 is 5.37. The van der Waals surface area contributed by atoms with Crippen molar-refractivity contribution >= 4 is 11.3 Å². The van der Waals surface area contributed by atoms with Gasteiger partial charge in [-0.1, -0.05) is 6.92 Å². The van der Waals surface area contributed by atoms with E-state index in [-0.39, 0.29) is 5.41 Å². The van der Waals surface area contributed by atoms with Crippen LogP contribution in [0.15, 0.2) is 28.2 Å². The standard InChI is InChI=1S/C14H19N3OS/c1-14(9-15)4-5-17(10-14)7-11-8-19-13(16-11)12-3-2-6-18-12/h2-3,6,8H,4-5,7,9-10,15H2,1H3. The summed E-state index contributed by atoms with van der Waals surface area (Å²) in [4.78, 5) is 7.08. The first-order chi connectivity index (χ1) is 9.18. The zero-order chi connectivity index (χ0) is 13.3. The molecule has 3 rings (SSSR count). The van der Waals surface area contributed by atoms with E-state index >= 15 is 0 Å². The largest absolute Gasteiger partial charge is 0.462 e. The van der Waals surface area contributed by atoms with Crippen molar-refractivity contribution in [2.75, 3.05) is 19.6 Å². The molecule has 2 aromatic rings. The van der Waals surface area contributed by atoms with Gasteiger partial charge in [0, 0.05) is 18.5 Å². The van der Waals surface area contributed by atoms with Gasteiger partial charge in [-0.05, 0) is 37.1 Å². The van der Waals surface area contributed by atoms with E-state index in [1.54, 1.807) is 17.6 Å². The molecule has 0 bridgehead atoms. The van der Waals surface area contributed by atoms with Gasteiger partial charge >= 0.3 is 0 Å². The summed E-state index contributed by atoms with van der Waals surface area (Å²) in [6.07, 6.45) is 2.86. The van der Waals surface area contributed by atoms with Gasteiger partial charge in [-0.3, -0.25) is 4.90 Å². The van der Waals surface area contributed by atoms with E-state index in [0.717, 1.165) is 42.6 Å². The summed E-state index contributed by atoms with van der Waals surface area (Å²) in [7, 11) is 0. The smallest absolute Gasteiger partial charge is 0.162 e. The van der Waals surface area contributed by atoms with E-state index < -0.39 is 0 Å². The Morgan fingerprint density at radius 2 is 2.47 bits per heavy atom. The predicted octanol–water partition coefficient (Wildman–Crippen LogP) is 2.57.